The Morgan fingerprint density at radius 2 is 1.56 bits per heavy atom. The molecule has 1 atom stereocenters. The predicted molar refractivity (Wildman–Crippen MR) is 101 cm³/mol. The third-order valence-electron chi connectivity index (χ3n) is 4.14. The van der Waals surface area contributed by atoms with Gasteiger partial charge in [-0.2, -0.15) is 15.5 Å². The Morgan fingerprint density at radius 1 is 0.960 bits per heavy atom. The van der Waals surface area contributed by atoms with E-state index < -0.39 is 0 Å². The van der Waals surface area contributed by atoms with Gasteiger partial charge in [0, 0.05) is 0 Å². The minimum Gasteiger partial charge on any atom is -0.493 e. The maximum absolute atomic E-state index is 8.78. The first-order valence-corrected chi connectivity index (χ1v) is 8.90. The van der Waals surface area contributed by atoms with Crippen LogP contribution in [-0.4, -0.2) is 6.61 Å². The van der Waals surface area contributed by atoms with E-state index in [-0.39, 0.29) is 0 Å². The van der Waals surface area contributed by atoms with Crippen LogP contribution in [0.3, 0.4) is 0 Å². The maximum Gasteiger partial charge on any atom is 0.119 e. The summed E-state index contributed by atoms with van der Waals surface area (Å²) in [5.74, 6) is 1.49. The molecule has 0 aromatic heterocycles. The summed E-state index contributed by atoms with van der Waals surface area (Å²) < 4.78 is 5.90. The number of hydrogen-bond acceptors (Lipinski definition) is 4. The summed E-state index contributed by atoms with van der Waals surface area (Å²) in [6.45, 7) is 5.21. The van der Waals surface area contributed by atoms with Gasteiger partial charge in [0.1, 0.15) is 5.75 Å². The van der Waals surface area contributed by atoms with E-state index in [4.69, 9.17) is 10.00 Å². The molecule has 0 saturated carbocycles. The van der Waals surface area contributed by atoms with E-state index in [2.05, 4.69) is 30.1 Å². The molecule has 0 amide bonds. The average Bonchev–Trinajstić information content (AvgIpc) is 2.68. The molecule has 0 spiro atoms. The second kappa shape index (κ2) is 10.2. The molecule has 0 radical (unpaired) electrons. The minimum absolute atomic E-state index is 0.616. The molecule has 0 heterocycles. The lowest BCUT2D eigenvalue weighted by Crippen LogP contribution is -2.11. The normalized spacial score (nSPS) is 12.0. The van der Waals surface area contributed by atoms with Crippen molar-refractivity contribution in [2.24, 2.45) is 16.1 Å². The van der Waals surface area contributed by atoms with Gasteiger partial charge in [-0.3, -0.25) is 0 Å². The van der Waals surface area contributed by atoms with E-state index in [1.165, 1.54) is 19.3 Å². The van der Waals surface area contributed by atoms with Crippen LogP contribution in [0.2, 0.25) is 0 Å². The van der Waals surface area contributed by atoms with Crippen molar-refractivity contribution in [3.05, 3.63) is 54.1 Å². The van der Waals surface area contributed by atoms with Crippen molar-refractivity contribution < 1.29 is 4.74 Å². The Morgan fingerprint density at radius 3 is 2.08 bits per heavy atom. The third-order valence-corrected chi connectivity index (χ3v) is 4.14. The molecule has 0 aliphatic heterocycles. The Labute approximate surface area is 150 Å². The molecule has 0 fully saturated rings. The number of benzene rings is 2. The Kier molecular flexibility index (Phi) is 7.65. The van der Waals surface area contributed by atoms with E-state index in [0.717, 1.165) is 30.2 Å². The zero-order chi connectivity index (χ0) is 17.9. The van der Waals surface area contributed by atoms with Crippen LogP contribution in [-0.2, 0) is 0 Å². The number of rotatable bonds is 9. The van der Waals surface area contributed by atoms with Gasteiger partial charge in [0.05, 0.1) is 29.6 Å². The van der Waals surface area contributed by atoms with E-state index in [1.54, 1.807) is 24.3 Å². The fraction of sp³-hybridized carbons (Fsp3) is 0.381. The zero-order valence-electron chi connectivity index (χ0n) is 15.0. The number of ether oxygens (including phenoxy) is 1. The van der Waals surface area contributed by atoms with E-state index in [1.807, 2.05) is 24.3 Å². The smallest absolute Gasteiger partial charge is 0.119 e. The minimum atomic E-state index is 0.616. The topological polar surface area (TPSA) is 57.7 Å². The molecule has 25 heavy (non-hydrogen) atoms. The van der Waals surface area contributed by atoms with Gasteiger partial charge in [0.15, 0.2) is 0 Å². The first kappa shape index (κ1) is 18.7. The second-order valence-electron chi connectivity index (χ2n) is 6.08. The van der Waals surface area contributed by atoms with Crippen LogP contribution in [0.4, 0.5) is 11.4 Å². The van der Waals surface area contributed by atoms with Gasteiger partial charge >= 0.3 is 0 Å². The van der Waals surface area contributed by atoms with E-state index in [9.17, 15) is 0 Å². The molecule has 2 rings (SSSR count). The van der Waals surface area contributed by atoms with Crippen LogP contribution < -0.4 is 4.74 Å². The van der Waals surface area contributed by atoms with Crippen LogP contribution in [0.25, 0.3) is 0 Å². The summed E-state index contributed by atoms with van der Waals surface area (Å²) in [5.41, 5.74) is 2.11. The highest BCUT2D eigenvalue weighted by Crippen LogP contribution is 2.22. The van der Waals surface area contributed by atoms with Gasteiger partial charge < -0.3 is 4.74 Å². The van der Waals surface area contributed by atoms with Crippen LogP contribution in [0.15, 0.2) is 58.8 Å². The van der Waals surface area contributed by atoms with Gasteiger partial charge in [-0.1, -0.05) is 33.1 Å². The Hall–Kier alpha value is -2.67. The number of nitrogens with zero attached hydrogens (tertiary/aromatic N) is 3. The summed E-state index contributed by atoms with van der Waals surface area (Å²) in [6.07, 6.45) is 4.87. The largest absolute Gasteiger partial charge is 0.493 e. The fourth-order valence-corrected chi connectivity index (χ4v) is 2.44. The third kappa shape index (κ3) is 6.39. The number of hydrogen-bond donors (Lipinski definition) is 0. The molecule has 2 aromatic carbocycles. The number of nitriles is 1. The molecule has 130 valence electrons. The van der Waals surface area contributed by atoms with Crippen LogP contribution >= 0.6 is 0 Å². The maximum atomic E-state index is 8.78. The number of azo groups is 1. The van der Waals surface area contributed by atoms with Crippen molar-refractivity contribution in [1.29, 1.82) is 5.26 Å². The molecule has 1 unspecified atom stereocenters. The SMILES string of the molecule is CCCCC(CC)COc1ccc(N=Nc2ccc(C#N)cc2)cc1. The lowest BCUT2D eigenvalue weighted by molar-refractivity contribution is 0.233. The molecule has 0 aliphatic carbocycles. The molecule has 2 aromatic rings. The highest BCUT2D eigenvalue weighted by atomic mass is 16.5. The van der Waals surface area contributed by atoms with Crippen LogP contribution in [0, 0.1) is 17.2 Å². The highest BCUT2D eigenvalue weighted by molar-refractivity contribution is 5.44. The summed E-state index contributed by atoms with van der Waals surface area (Å²) >= 11 is 0. The Bertz CT molecular complexity index is 699. The van der Waals surface area contributed by atoms with Gasteiger partial charge in [0.2, 0.25) is 0 Å². The highest BCUT2D eigenvalue weighted by Gasteiger charge is 2.06. The lowest BCUT2D eigenvalue weighted by atomic mass is 10.0. The van der Waals surface area contributed by atoms with Crippen LogP contribution in [0.5, 0.6) is 5.75 Å². The number of unbranched alkanes of at least 4 members (excludes halogenated alkanes) is 1. The van der Waals surface area contributed by atoms with Crippen molar-refractivity contribution in [3.8, 4) is 11.8 Å². The monoisotopic (exact) mass is 335 g/mol. The van der Waals surface area contributed by atoms with Crippen molar-refractivity contribution in [3.63, 3.8) is 0 Å². The molecule has 0 N–H and O–H groups in total. The first-order valence-electron chi connectivity index (χ1n) is 8.90. The standard InChI is InChI=1S/C21H25N3O/c1-3-5-6-17(4-2)16-25-21-13-11-20(12-14-21)24-23-19-9-7-18(15-22)8-10-19/h7-14,17H,3-6,16H2,1-2H3. The molecular formula is C21H25N3O. The molecular weight excluding hydrogens is 310 g/mol. The van der Waals surface area contributed by atoms with Crippen LogP contribution in [0.1, 0.15) is 45.1 Å². The van der Waals surface area contributed by atoms with Gasteiger partial charge in [-0.05, 0) is 60.9 Å². The average molecular weight is 335 g/mol. The van der Waals surface area contributed by atoms with Gasteiger partial charge in [-0.15, -0.1) is 0 Å². The van der Waals surface area contributed by atoms with Gasteiger partial charge in [-0.25, -0.2) is 0 Å². The van der Waals surface area contributed by atoms with E-state index in [0.29, 0.717) is 11.5 Å². The molecule has 0 saturated heterocycles. The molecule has 4 nitrogen and oxygen atoms in total. The lowest BCUT2D eigenvalue weighted by Gasteiger charge is -2.15. The predicted octanol–water partition coefficient (Wildman–Crippen LogP) is 6.57. The molecule has 0 bridgehead atoms. The van der Waals surface area contributed by atoms with Crippen molar-refractivity contribution in [2.75, 3.05) is 6.61 Å². The summed E-state index contributed by atoms with van der Waals surface area (Å²) in [6, 6.07) is 16.8. The second-order valence-corrected chi connectivity index (χ2v) is 6.08. The summed E-state index contributed by atoms with van der Waals surface area (Å²) in [4.78, 5) is 0. The zero-order valence-corrected chi connectivity index (χ0v) is 15.0. The molecule has 0 aliphatic rings. The van der Waals surface area contributed by atoms with Crippen molar-refractivity contribution in [1.82, 2.24) is 0 Å². The summed E-state index contributed by atoms with van der Waals surface area (Å²) in [5, 5.41) is 17.2. The Balaban J connectivity index is 1.88. The van der Waals surface area contributed by atoms with Crippen molar-refractivity contribution in [2.45, 2.75) is 39.5 Å². The first-order chi connectivity index (χ1) is 12.2. The van der Waals surface area contributed by atoms with Gasteiger partial charge in [0.25, 0.3) is 0 Å². The quantitative estimate of drug-likeness (QED) is 0.487. The van der Waals surface area contributed by atoms with E-state index >= 15 is 0 Å². The van der Waals surface area contributed by atoms with Crippen molar-refractivity contribution >= 4 is 11.4 Å². The summed E-state index contributed by atoms with van der Waals surface area (Å²) in [7, 11) is 0. The molecule has 4 heteroatoms. The fourth-order valence-electron chi connectivity index (χ4n) is 2.44.